The number of benzene rings is 1. The van der Waals surface area contributed by atoms with Gasteiger partial charge >= 0.3 is 0 Å². The van der Waals surface area contributed by atoms with Gasteiger partial charge in [-0.1, -0.05) is 13.0 Å². The molecule has 0 spiro atoms. The van der Waals surface area contributed by atoms with Gasteiger partial charge in [-0.15, -0.1) is 0 Å². The molecule has 0 aromatic heterocycles. The second-order valence-electron chi connectivity index (χ2n) is 5.30. The quantitative estimate of drug-likeness (QED) is 0.822. The molecule has 0 radical (unpaired) electrons. The number of hydrogen-bond donors (Lipinski definition) is 2. The lowest BCUT2D eigenvalue weighted by Gasteiger charge is -2.17. The van der Waals surface area contributed by atoms with Crippen molar-refractivity contribution in [2.45, 2.75) is 24.8 Å². The van der Waals surface area contributed by atoms with Gasteiger partial charge in [0.2, 0.25) is 15.9 Å². The van der Waals surface area contributed by atoms with E-state index in [9.17, 15) is 13.2 Å². The molecule has 2 rings (SSSR count). The molecule has 6 nitrogen and oxygen atoms in total. The minimum Gasteiger partial charge on any atom is -0.366 e. The summed E-state index contributed by atoms with van der Waals surface area (Å²) in [5, 5.41) is 0. The third-order valence-electron chi connectivity index (χ3n) is 3.75. The SMILES string of the molecule is Cc1ccc(S(=O)(=O)N2CC(C)C(N)C2)cc1C(N)=O. The van der Waals surface area contributed by atoms with Crippen molar-refractivity contribution in [3.63, 3.8) is 0 Å². The number of carbonyl (C=O) groups is 1. The van der Waals surface area contributed by atoms with E-state index >= 15 is 0 Å². The molecular formula is C13H19N3O3S. The highest BCUT2D eigenvalue weighted by molar-refractivity contribution is 7.89. The molecule has 1 fully saturated rings. The van der Waals surface area contributed by atoms with Crippen LogP contribution in [0.3, 0.4) is 0 Å². The van der Waals surface area contributed by atoms with E-state index in [1.807, 2.05) is 6.92 Å². The lowest BCUT2D eigenvalue weighted by atomic mass is 10.1. The van der Waals surface area contributed by atoms with Crippen LogP contribution in [0.25, 0.3) is 0 Å². The summed E-state index contributed by atoms with van der Waals surface area (Å²) in [6.45, 7) is 4.32. The molecule has 110 valence electrons. The Labute approximate surface area is 118 Å². The van der Waals surface area contributed by atoms with Gasteiger partial charge in [-0.2, -0.15) is 4.31 Å². The molecule has 1 aliphatic rings. The van der Waals surface area contributed by atoms with Gasteiger partial charge in [-0.05, 0) is 30.5 Å². The van der Waals surface area contributed by atoms with Gasteiger partial charge < -0.3 is 11.5 Å². The highest BCUT2D eigenvalue weighted by Crippen LogP contribution is 2.25. The van der Waals surface area contributed by atoms with Crippen LogP contribution in [-0.4, -0.2) is 37.8 Å². The molecule has 1 saturated heterocycles. The molecule has 1 aromatic rings. The van der Waals surface area contributed by atoms with Crippen molar-refractivity contribution >= 4 is 15.9 Å². The molecule has 2 unspecified atom stereocenters. The predicted molar refractivity (Wildman–Crippen MR) is 75.6 cm³/mol. The van der Waals surface area contributed by atoms with Crippen LogP contribution in [-0.2, 0) is 10.0 Å². The van der Waals surface area contributed by atoms with Gasteiger partial charge in [0, 0.05) is 24.7 Å². The molecule has 1 amide bonds. The van der Waals surface area contributed by atoms with Crippen molar-refractivity contribution in [2.75, 3.05) is 13.1 Å². The number of sulfonamides is 1. The zero-order valence-corrected chi connectivity index (χ0v) is 12.4. The van der Waals surface area contributed by atoms with Crippen LogP contribution in [0.15, 0.2) is 23.1 Å². The van der Waals surface area contributed by atoms with Crippen LogP contribution in [0, 0.1) is 12.8 Å². The second kappa shape index (κ2) is 5.16. The van der Waals surface area contributed by atoms with Crippen molar-refractivity contribution in [2.24, 2.45) is 17.4 Å². The van der Waals surface area contributed by atoms with Crippen LogP contribution in [0.5, 0.6) is 0 Å². The number of amides is 1. The van der Waals surface area contributed by atoms with Crippen molar-refractivity contribution in [1.29, 1.82) is 0 Å². The van der Waals surface area contributed by atoms with E-state index < -0.39 is 15.9 Å². The van der Waals surface area contributed by atoms with Crippen LogP contribution in [0.2, 0.25) is 0 Å². The maximum absolute atomic E-state index is 12.5. The monoisotopic (exact) mass is 297 g/mol. The summed E-state index contributed by atoms with van der Waals surface area (Å²) in [6, 6.07) is 4.25. The highest BCUT2D eigenvalue weighted by Gasteiger charge is 2.35. The van der Waals surface area contributed by atoms with Crippen molar-refractivity contribution in [3.05, 3.63) is 29.3 Å². The minimum atomic E-state index is -3.63. The fourth-order valence-corrected chi connectivity index (χ4v) is 3.92. The topological polar surface area (TPSA) is 106 Å². The lowest BCUT2D eigenvalue weighted by Crippen LogP contribution is -2.32. The average molecular weight is 297 g/mol. The van der Waals surface area contributed by atoms with Gasteiger partial charge in [0.1, 0.15) is 0 Å². The zero-order valence-electron chi connectivity index (χ0n) is 11.5. The van der Waals surface area contributed by atoms with Crippen molar-refractivity contribution in [3.8, 4) is 0 Å². The fourth-order valence-electron chi connectivity index (χ4n) is 2.32. The van der Waals surface area contributed by atoms with Crippen LogP contribution in [0.1, 0.15) is 22.8 Å². The number of rotatable bonds is 3. The summed E-state index contributed by atoms with van der Waals surface area (Å²) >= 11 is 0. The Morgan fingerprint density at radius 1 is 1.35 bits per heavy atom. The number of primary amides is 1. The first-order valence-corrected chi connectivity index (χ1v) is 7.83. The summed E-state index contributed by atoms with van der Waals surface area (Å²) in [7, 11) is -3.63. The first-order chi connectivity index (χ1) is 9.23. The van der Waals surface area contributed by atoms with E-state index in [0.717, 1.165) is 0 Å². The van der Waals surface area contributed by atoms with Crippen LogP contribution < -0.4 is 11.5 Å². The summed E-state index contributed by atoms with van der Waals surface area (Å²) in [4.78, 5) is 11.4. The van der Waals surface area contributed by atoms with Gasteiger partial charge in [-0.3, -0.25) is 4.79 Å². The number of hydrogen-bond acceptors (Lipinski definition) is 4. The molecule has 1 aliphatic heterocycles. The zero-order chi connectivity index (χ0) is 15.1. The first kappa shape index (κ1) is 15.0. The molecule has 0 bridgehead atoms. The summed E-state index contributed by atoms with van der Waals surface area (Å²) in [5.74, 6) is -0.517. The highest BCUT2D eigenvalue weighted by atomic mass is 32.2. The molecule has 0 saturated carbocycles. The van der Waals surface area contributed by atoms with Crippen LogP contribution >= 0.6 is 0 Å². The van der Waals surface area contributed by atoms with Crippen LogP contribution in [0.4, 0.5) is 0 Å². The minimum absolute atomic E-state index is 0.0817. The first-order valence-electron chi connectivity index (χ1n) is 6.39. The normalized spacial score (nSPS) is 23.9. The lowest BCUT2D eigenvalue weighted by molar-refractivity contribution is 0.0999. The average Bonchev–Trinajstić information content (AvgIpc) is 2.70. The Hall–Kier alpha value is -1.44. The van der Waals surface area contributed by atoms with E-state index in [1.54, 1.807) is 13.0 Å². The molecule has 20 heavy (non-hydrogen) atoms. The van der Waals surface area contributed by atoms with Gasteiger partial charge in [-0.25, -0.2) is 8.42 Å². The summed E-state index contributed by atoms with van der Waals surface area (Å²) < 4.78 is 26.4. The van der Waals surface area contributed by atoms with E-state index in [1.165, 1.54) is 16.4 Å². The molecule has 1 heterocycles. The van der Waals surface area contributed by atoms with Gasteiger partial charge in [0.25, 0.3) is 0 Å². The molecule has 7 heteroatoms. The van der Waals surface area contributed by atoms with Gasteiger partial charge in [0.05, 0.1) is 4.90 Å². The fraction of sp³-hybridized carbons (Fsp3) is 0.462. The third-order valence-corrected chi connectivity index (χ3v) is 5.58. The van der Waals surface area contributed by atoms with Gasteiger partial charge in [0.15, 0.2) is 0 Å². The maximum Gasteiger partial charge on any atom is 0.249 e. The Kier molecular flexibility index (Phi) is 3.86. The van der Waals surface area contributed by atoms with E-state index in [0.29, 0.717) is 18.7 Å². The molecular weight excluding hydrogens is 278 g/mol. The third kappa shape index (κ3) is 2.56. The maximum atomic E-state index is 12.5. The standard InChI is InChI=1S/C13H19N3O3S/c1-8-3-4-10(5-11(8)13(15)17)20(18,19)16-6-9(2)12(14)7-16/h3-5,9,12H,6-7,14H2,1-2H3,(H2,15,17). The summed E-state index contributed by atoms with van der Waals surface area (Å²) in [5.41, 5.74) is 12.0. The van der Waals surface area contributed by atoms with E-state index in [2.05, 4.69) is 0 Å². The smallest absolute Gasteiger partial charge is 0.249 e. The molecule has 4 N–H and O–H groups in total. The second-order valence-corrected chi connectivity index (χ2v) is 7.24. The Morgan fingerprint density at radius 2 is 2.00 bits per heavy atom. The Bertz CT molecular complexity index is 632. The largest absolute Gasteiger partial charge is 0.366 e. The van der Waals surface area contributed by atoms with Crippen molar-refractivity contribution in [1.82, 2.24) is 4.31 Å². The summed E-state index contributed by atoms with van der Waals surface area (Å²) in [6.07, 6.45) is 0. The number of nitrogens with zero attached hydrogens (tertiary/aromatic N) is 1. The van der Waals surface area contributed by atoms with E-state index in [-0.39, 0.29) is 22.4 Å². The molecule has 0 aliphatic carbocycles. The number of carbonyl (C=O) groups excluding carboxylic acids is 1. The van der Waals surface area contributed by atoms with E-state index in [4.69, 9.17) is 11.5 Å². The Morgan fingerprint density at radius 3 is 2.50 bits per heavy atom. The number of nitrogens with two attached hydrogens (primary N) is 2. The van der Waals surface area contributed by atoms with Crippen molar-refractivity contribution < 1.29 is 13.2 Å². The molecule has 2 atom stereocenters. The predicted octanol–water partition coefficient (Wildman–Crippen LogP) is 0.0616. The Balaban J connectivity index is 2.40. The molecule has 1 aromatic carbocycles. The number of aryl methyl sites for hydroxylation is 1.